The fourth-order valence-corrected chi connectivity index (χ4v) is 2.99. The molecule has 4 unspecified atom stereocenters. The normalized spacial score (nSPS) is 23.0. The lowest BCUT2D eigenvalue weighted by molar-refractivity contribution is -0.130. The van der Waals surface area contributed by atoms with E-state index >= 15 is 0 Å². The highest BCUT2D eigenvalue weighted by Crippen LogP contribution is 2.21. The highest BCUT2D eigenvalue weighted by atomic mass is 19.3. The van der Waals surface area contributed by atoms with Gasteiger partial charge in [-0.2, -0.15) is 8.78 Å². The Morgan fingerprint density at radius 3 is 2.32 bits per heavy atom. The van der Waals surface area contributed by atoms with Crippen molar-refractivity contribution in [3.05, 3.63) is 24.3 Å². The number of rotatable bonds is 7. The maximum Gasteiger partial charge on any atom is 0.387 e. The molecule has 10 heteroatoms. The van der Waals surface area contributed by atoms with Crippen LogP contribution in [0.4, 0.5) is 14.5 Å². The van der Waals surface area contributed by atoms with Crippen molar-refractivity contribution in [1.82, 2.24) is 5.32 Å². The van der Waals surface area contributed by atoms with Crippen LogP contribution in [-0.4, -0.2) is 52.6 Å². The molecular weight excluding hydrogens is 376 g/mol. The van der Waals surface area contributed by atoms with Gasteiger partial charge in [-0.15, -0.1) is 0 Å². The van der Waals surface area contributed by atoms with Crippen LogP contribution in [0.1, 0.15) is 26.2 Å². The summed E-state index contributed by atoms with van der Waals surface area (Å²) >= 11 is 0. The summed E-state index contributed by atoms with van der Waals surface area (Å²) in [5.74, 6) is -2.90. The fourth-order valence-electron chi connectivity index (χ4n) is 2.99. The SMILES string of the molecule is CC(=N)C(C(=O)Nc1ccc(OC(F)F)cc1)C(=O)NC1CCC(O)C(O)C1. The minimum Gasteiger partial charge on any atom is -0.435 e. The van der Waals surface area contributed by atoms with Gasteiger partial charge in [0.05, 0.1) is 12.2 Å². The second-order valence-corrected chi connectivity index (χ2v) is 6.66. The minimum atomic E-state index is -2.96. The van der Waals surface area contributed by atoms with Gasteiger partial charge < -0.3 is 31.0 Å². The number of anilines is 1. The summed E-state index contributed by atoms with van der Waals surface area (Å²) in [5.41, 5.74) is 0.0749. The van der Waals surface area contributed by atoms with Crippen LogP contribution in [0.5, 0.6) is 5.75 Å². The molecule has 2 amide bonds. The summed E-state index contributed by atoms with van der Waals surface area (Å²) in [6.45, 7) is -1.64. The summed E-state index contributed by atoms with van der Waals surface area (Å²) < 4.78 is 28.5. The monoisotopic (exact) mass is 399 g/mol. The lowest BCUT2D eigenvalue weighted by Gasteiger charge is -2.31. The van der Waals surface area contributed by atoms with E-state index in [1.165, 1.54) is 31.2 Å². The summed E-state index contributed by atoms with van der Waals surface area (Å²) in [5, 5.41) is 32.1. The third kappa shape index (κ3) is 5.96. The Kier molecular flexibility index (Phi) is 7.41. The van der Waals surface area contributed by atoms with Gasteiger partial charge in [-0.25, -0.2) is 0 Å². The maximum absolute atomic E-state index is 12.5. The highest BCUT2D eigenvalue weighted by Gasteiger charge is 2.33. The van der Waals surface area contributed by atoms with Crippen molar-refractivity contribution in [3.63, 3.8) is 0 Å². The molecule has 0 spiro atoms. The van der Waals surface area contributed by atoms with Crippen molar-refractivity contribution in [3.8, 4) is 5.75 Å². The Morgan fingerprint density at radius 1 is 1.14 bits per heavy atom. The fraction of sp³-hybridized carbons (Fsp3) is 0.500. The van der Waals surface area contributed by atoms with E-state index in [0.29, 0.717) is 12.8 Å². The van der Waals surface area contributed by atoms with Gasteiger partial charge in [0.15, 0.2) is 5.92 Å². The van der Waals surface area contributed by atoms with E-state index in [1.54, 1.807) is 0 Å². The number of benzene rings is 1. The summed E-state index contributed by atoms with van der Waals surface area (Å²) in [6, 6.07) is 4.74. The van der Waals surface area contributed by atoms with Crippen LogP contribution in [0, 0.1) is 11.3 Å². The average molecular weight is 399 g/mol. The number of amides is 2. The van der Waals surface area contributed by atoms with Crippen molar-refractivity contribution >= 4 is 23.2 Å². The van der Waals surface area contributed by atoms with Crippen LogP contribution >= 0.6 is 0 Å². The van der Waals surface area contributed by atoms with Gasteiger partial charge in [0.25, 0.3) is 0 Å². The van der Waals surface area contributed by atoms with Crippen LogP contribution in [0.3, 0.4) is 0 Å². The lowest BCUT2D eigenvalue weighted by Crippen LogP contribution is -2.49. The number of carbonyl (C=O) groups is 2. The van der Waals surface area contributed by atoms with E-state index in [0.717, 1.165) is 0 Å². The third-order valence-corrected chi connectivity index (χ3v) is 4.43. The number of carbonyl (C=O) groups excluding carboxylic acids is 2. The standard InChI is InChI=1S/C18H23F2N3O5/c1-9(21)15(17(27)23-11-4-7-13(24)14(25)8-11)16(26)22-10-2-5-12(6-3-10)28-18(19)20/h2-3,5-6,11,13-15,18,21,24-25H,4,7-8H2,1H3,(H,22,26)(H,23,27). The summed E-state index contributed by atoms with van der Waals surface area (Å²) in [7, 11) is 0. The van der Waals surface area contributed by atoms with E-state index in [2.05, 4.69) is 15.4 Å². The highest BCUT2D eigenvalue weighted by molar-refractivity contribution is 6.21. The molecular formula is C18H23F2N3O5. The number of ether oxygens (including phenoxy) is 1. The van der Waals surface area contributed by atoms with Gasteiger partial charge in [-0.05, 0) is 50.5 Å². The van der Waals surface area contributed by atoms with Gasteiger partial charge in [0.2, 0.25) is 11.8 Å². The average Bonchev–Trinajstić information content (AvgIpc) is 2.59. The number of aliphatic hydroxyl groups excluding tert-OH is 2. The third-order valence-electron chi connectivity index (χ3n) is 4.43. The molecule has 0 aromatic heterocycles. The van der Waals surface area contributed by atoms with Gasteiger partial charge in [0, 0.05) is 17.4 Å². The Bertz CT molecular complexity index is 714. The number of hydrogen-bond acceptors (Lipinski definition) is 6. The van der Waals surface area contributed by atoms with E-state index in [9.17, 15) is 28.6 Å². The van der Waals surface area contributed by atoms with Gasteiger partial charge >= 0.3 is 6.61 Å². The van der Waals surface area contributed by atoms with Gasteiger partial charge in [-0.1, -0.05) is 0 Å². The zero-order chi connectivity index (χ0) is 20.8. The van der Waals surface area contributed by atoms with Crippen LogP contribution in [0.2, 0.25) is 0 Å². The Labute approximate surface area is 160 Å². The van der Waals surface area contributed by atoms with E-state index in [4.69, 9.17) is 5.41 Å². The van der Waals surface area contributed by atoms with Crippen molar-refractivity contribution in [1.29, 1.82) is 5.41 Å². The Morgan fingerprint density at radius 2 is 1.79 bits per heavy atom. The Balaban J connectivity index is 1.99. The smallest absolute Gasteiger partial charge is 0.387 e. The first-order valence-corrected chi connectivity index (χ1v) is 8.74. The number of aliphatic hydroxyl groups is 2. The van der Waals surface area contributed by atoms with Crippen LogP contribution in [0.15, 0.2) is 24.3 Å². The lowest BCUT2D eigenvalue weighted by atomic mass is 9.90. The zero-order valence-electron chi connectivity index (χ0n) is 15.2. The van der Waals surface area contributed by atoms with Crippen LogP contribution in [0.25, 0.3) is 0 Å². The van der Waals surface area contributed by atoms with Gasteiger partial charge in [-0.3, -0.25) is 9.59 Å². The molecule has 5 N–H and O–H groups in total. The van der Waals surface area contributed by atoms with Crippen LogP contribution in [-0.2, 0) is 9.59 Å². The van der Waals surface area contributed by atoms with Crippen molar-refractivity contribution in [2.45, 2.75) is 51.0 Å². The number of halogens is 2. The molecule has 1 aliphatic carbocycles. The van der Waals surface area contributed by atoms with Crippen molar-refractivity contribution in [2.24, 2.45) is 5.92 Å². The second-order valence-electron chi connectivity index (χ2n) is 6.66. The molecule has 1 fully saturated rings. The predicted octanol–water partition coefficient (Wildman–Crippen LogP) is 1.27. The molecule has 0 aliphatic heterocycles. The van der Waals surface area contributed by atoms with E-state index in [1.807, 2.05) is 0 Å². The maximum atomic E-state index is 12.5. The van der Waals surface area contributed by atoms with Gasteiger partial charge in [0.1, 0.15) is 5.75 Å². The van der Waals surface area contributed by atoms with E-state index in [-0.39, 0.29) is 23.6 Å². The Hall–Kier alpha value is -2.59. The van der Waals surface area contributed by atoms with Crippen molar-refractivity contribution < 1.29 is 33.3 Å². The first kappa shape index (κ1) is 21.7. The number of alkyl halides is 2. The molecule has 1 aromatic rings. The minimum absolute atomic E-state index is 0.0800. The first-order chi connectivity index (χ1) is 13.2. The zero-order valence-corrected chi connectivity index (χ0v) is 15.2. The second kappa shape index (κ2) is 9.56. The molecule has 2 rings (SSSR count). The predicted molar refractivity (Wildman–Crippen MR) is 96.4 cm³/mol. The molecule has 1 aliphatic rings. The molecule has 4 atom stereocenters. The molecule has 8 nitrogen and oxygen atoms in total. The first-order valence-electron chi connectivity index (χ1n) is 8.74. The summed E-state index contributed by atoms with van der Waals surface area (Å²) in [6.07, 6.45) is -0.875. The number of hydrogen-bond donors (Lipinski definition) is 5. The molecule has 1 aromatic carbocycles. The topological polar surface area (TPSA) is 132 Å². The van der Waals surface area contributed by atoms with Crippen molar-refractivity contribution in [2.75, 3.05) is 5.32 Å². The largest absolute Gasteiger partial charge is 0.435 e. The molecule has 28 heavy (non-hydrogen) atoms. The molecule has 0 radical (unpaired) electrons. The van der Waals surface area contributed by atoms with E-state index < -0.39 is 42.6 Å². The summed E-state index contributed by atoms with van der Waals surface area (Å²) in [4.78, 5) is 25.0. The molecule has 0 saturated heterocycles. The number of nitrogens with one attached hydrogen (secondary N) is 3. The molecule has 1 saturated carbocycles. The molecule has 154 valence electrons. The quantitative estimate of drug-likeness (QED) is 0.348. The molecule has 0 bridgehead atoms. The van der Waals surface area contributed by atoms with Crippen LogP contribution < -0.4 is 15.4 Å². The molecule has 0 heterocycles.